The van der Waals surface area contributed by atoms with Gasteiger partial charge in [-0.3, -0.25) is 0 Å². The number of carbonyl (C=O) groups excluding carboxylic acids is 1. The zero-order valence-electron chi connectivity index (χ0n) is 12.7. The Labute approximate surface area is 127 Å². The van der Waals surface area contributed by atoms with E-state index in [-0.39, 0.29) is 6.03 Å². The van der Waals surface area contributed by atoms with E-state index in [1.54, 1.807) is 0 Å². The lowest BCUT2D eigenvalue weighted by Gasteiger charge is -2.13. The first-order valence-electron chi connectivity index (χ1n) is 7.98. The number of rotatable bonds is 8. The molecule has 21 heavy (non-hydrogen) atoms. The van der Waals surface area contributed by atoms with Crippen molar-refractivity contribution < 1.29 is 4.79 Å². The molecule has 0 saturated carbocycles. The normalized spacial score (nSPS) is 15.0. The second kappa shape index (κ2) is 9.40. The van der Waals surface area contributed by atoms with E-state index in [0.717, 1.165) is 18.7 Å². The molecule has 0 spiro atoms. The van der Waals surface area contributed by atoms with Gasteiger partial charge in [-0.2, -0.15) is 0 Å². The average Bonchev–Trinajstić information content (AvgIpc) is 3.00. The van der Waals surface area contributed by atoms with E-state index in [0.29, 0.717) is 0 Å². The monoisotopic (exact) mass is 288 g/mol. The maximum Gasteiger partial charge on any atom is 0.319 e. The Morgan fingerprint density at radius 3 is 2.67 bits per heavy atom. The standard InChI is InChI=1S/C17H26N3O/c21-17(19-16-10-4-3-5-11-16)18-12-6-1-2-7-13-20-14-8-9-15-20/h3-5,8,10-11H,1-2,6-7,9,12-15H2,(H2,18,19,21). The number of nitrogens with zero attached hydrogens (tertiary/aromatic N) is 1. The second-order valence-corrected chi connectivity index (χ2v) is 5.54. The molecular formula is C17H26N3O. The molecule has 0 bridgehead atoms. The predicted molar refractivity (Wildman–Crippen MR) is 87.3 cm³/mol. The first kappa shape index (κ1) is 15.8. The Morgan fingerprint density at radius 1 is 1.10 bits per heavy atom. The summed E-state index contributed by atoms with van der Waals surface area (Å²) in [5.41, 5.74) is 0.831. The fourth-order valence-electron chi connectivity index (χ4n) is 2.55. The van der Waals surface area contributed by atoms with Crippen molar-refractivity contribution in [1.29, 1.82) is 0 Å². The van der Waals surface area contributed by atoms with Gasteiger partial charge < -0.3 is 15.5 Å². The zero-order chi connectivity index (χ0) is 14.8. The van der Waals surface area contributed by atoms with Crippen LogP contribution < -0.4 is 10.6 Å². The molecule has 1 aliphatic heterocycles. The van der Waals surface area contributed by atoms with Crippen LogP contribution in [0.25, 0.3) is 0 Å². The summed E-state index contributed by atoms with van der Waals surface area (Å²) < 4.78 is 0. The molecule has 1 radical (unpaired) electrons. The first-order chi connectivity index (χ1) is 10.3. The summed E-state index contributed by atoms with van der Waals surface area (Å²) in [5, 5.41) is 5.72. The van der Waals surface area contributed by atoms with Crippen molar-refractivity contribution in [2.24, 2.45) is 0 Å². The van der Waals surface area contributed by atoms with Gasteiger partial charge in [0.05, 0.1) is 0 Å². The van der Waals surface area contributed by atoms with E-state index in [9.17, 15) is 4.79 Å². The number of unbranched alkanes of at least 4 members (excludes halogenated alkanes) is 3. The molecule has 1 heterocycles. The largest absolute Gasteiger partial charge is 0.338 e. The van der Waals surface area contributed by atoms with Gasteiger partial charge in [0.2, 0.25) is 0 Å². The molecule has 115 valence electrons. The maximum atomic E-state index is 11.6. The molecule has 1 aliphatic rings. The molecule has 0 aliphatic carbocycles. The van der Waals surface area contributed by atoms with Gasteiger partial charge >= 0.3 is 6.03 Å². The summed E-state index contributed by atoms with van der Waals surface area (Å²) in [6.45, 7) is 4.37. The number of amides is 2. The number of urea groups is 1. The third kappa shape index (κ3) is 6.63. The molecular weight excluding hydrogens is 262 g/mol. The fraction of sp³-hybridized carbons (Fsp3) is 0.529. The van der Waals surface area contributed by atoms with Gasteiger partial charge in [0.15, 0.2) is 0 Å². The molecule has 0 atom stereocenters. The summed E-state index contributed by atoms with van der Waals surface area (Å²) in [5.74, 6) is 0. The molecule has 1 aromatic rings. The number of anilines is 1. The van der Waals surface area contributed by atoms with Gasteiger partial charge in [0, 0.05) is 18.8 Å². The van der Waals surface area contributed by atoms with Crippen LogP contribution >= 0.6 is 0 Å². The number of carbonyl (C=O) groups is 1. The molecule has 1 aromatic carbocycles. The molecule has 0 unspecified atom stereocenters. The number of para-hydroxylation sites is 1. The highest BCUT2D eigenvalue weighted by Crippen LogP contribution is 2.09. The Balaban J connectivity index is 1.43. The number of likely N-dealkylation sites (tertiary alicyclic amines) is 1. The minimum atomic E-state index is -0.117. The fourth-order valence-corrected chi connectivity index (χ4v) is 2.55. The average molecular weight is 288 g/mol. The molecule has 2 amide bonds. The van der Waals surface area contributed by atoms with Crippen LogP contribution in [0.2, 0.25) is 0 Å². The van der Waals surface area contributed by atoms with Crippen molar-refractivity contribution in [3.05, 3.63) is 36.8 Å². The summed E-state index contributed by atoms with van der Waals surface area (Å²) in [7, 11) is 0. The van der Waals surface area contributed by atoms with Crippen LogP contribution in [0.5, 0.6) is 0 Å². The summed E-state index contributed by atoms with van der Waals surface area (Å²) in [6, 6.07) is 9.41. The SMILES string of the molecule is O=C(NCCCCCCN1C[CH]CC1)Nc1ccccc1. The maximum absolute atomic E-state index is 11.6. The smallest absolute Gasteiger partial charge is 0.319 e. The highest BCUT2D eigenvalue weighted by atomic mass is 16.2. The van der Waals surface area contributed by atoms with E-state index < -0.39 is 0 Å². The second-order valence-electron chi connectivity index (χ2n) is 5.54. The minimum Gasteiger partial charge on any atom is -0.338 e. The topological polar surface area (TPSA) is 44.4 Å². The van der Waals surface area contributed by atoms with Gasteiger partial charge in [0.25, 0.3) is 0 Å². The molecule has 1 fully saturated rings. The lowest BCUT2D eigenvalue weighted by Crippen LogP contribution is -2.29. The highest BCUT2D eigenvalue weighted by molar-refractivity contribution is 5.89. The number of nitrogens with one attached hydrogen (secondary N) is 2. The molecule has 0 aromatic heterocycles. The molecule has 1 saturated heterocycles. The first-order valence-corrected chi connectivity index (χ1v) is 7.98. The Bertz CT molecular complexity index is 402. The summed E-state index contributed by atoms with van der Waals surface area (Å²) in [6.07, 6.45) is 8.36. The van der Waals surface area contributed by atoms with Gasteiger partial charge in [-0.05, 0) is 50.9 Å². The molecule has 2 N–H and O–H groups in total. The van der Waals surface area contributed by atoms with Crippen molar-refractivity contribution in [1.82, 2.24) is 10.2 Å². The van der Waals surface area contributed by atoms with E-state index in [4.69, 9.17) is 0 Å². The lowest BCUT2D eigenvalue weighted by molar-refractivity contribution is 0.252. The van der Waals surface area contributed by atoms with Crippen molar-refractivity contribution >= 4 is 11.7 Å². The van der Waals surface area contributed by atoms with Crippen LogP contribution in [0, 0.1) is 6.42 Å². The molecule has 4 heteroatoms. The van der Waals surface area contributed by atoms with Crippen LogP contribution in [0.4, 0.5) is 10.5 Å². The molecule has 2 rings (SSSR count). The van der Waals surface area contributed by atoms with Crippen LogP contribution in [0.1, 0.15) is 32.1 Å². The summed E-state index contributed by atoms with van der Waals surface area (Å²) >= 11 is 0. The highest BCUT2D eigenvalue weighted by Gasteiger charge is 2.10. The third-order valence-electron chi connectivity index (χ3n) is 3.76. The van der Waals surface area contributed by atoms with E-state index in [1.165, 1.54) is 45.3 Å². The van der Waals surface area contributed by atoms with E-state index >= 15 is 0 Å². The Kier molecular flexibility index (Phi) is 7.08. The van der Waals surface area contributed by atoms with Gasteiger partial charge in [0.1, 0.15) is 0 Å². The van der Waals surface area contributed by atoms with Gasteiger partial charge in [-0.25, -0.2) is 4.79 Å². The quantitative estimate of drug-likeness (QED) is 0.721. The van der Waals surface area contributed by atoms with Crippen molar-refractivity contribution in [2.45, 2.75) is 32.1 Å². The Hall–Kier alpha value is -1.55. The van der Waals surface area contributed by atoms with Crippen LogP contribution in [-0.4, -0.2) is 37.1 Å². The van der Waals surface area contributed by atoms with E-state index in [2.05, 4.69) is 22.0 Å². The third-order valence-corrected chi connectivity index (χ3v) is 3.76. The van der Waals surface area contributed by atoms with Gasteiger partial charge in [-0.15, -0.1) is 0 Å². The number of hydrogen-bond acceptors (Lipinski definition) is 2. The van der Waals surface area contributed by atoms with Gasteiger partial charge in [-0.1, -0.05) is 31.0 Å². The zero-order valence-corrected chi connectivity index (χ0v) is 12.7. The van der Waals surface area contributed by atoms with Crippen molar-refractivity contribution in [2.75, 3.05) is 31.5 Å². The van der Waals surface area contributed by atoms with E-state index in [1.807, 2.05) is 30.3 Å². The van der Waals surface area contributed by atoms with Crippen LogP contribution in [0.3, 0.4) is 0 Å². The lowest BCUT2D eigenvalue weighted by atomic mass is 10.2. The number of hydrogen-bond donors (Lipinski definition) is 2. The Morgan fingerprint density at radius 2 is 1.90 bits per heavy atom. The summed E-state index contributed by atoms with van der Waals surface area (Å²) in [4.78, 5) is 14.1. The van der Waals surface area contributed by atoms with Crippen molar-refractivity contribution in [3.8, 4) is 0 Å². The van der Waals surface area contributed by atoms with Crippen molar-refractivity contribution in [3.63, 3.8) is 0 Å². The minimum absolute atomic E-state index is 0.117. The predicted octanol–water partition coefficient (Wildman–Crippen LogP) is 3.28. The number of benzene rings is 1. The van der Waals surface area contributed by atoms with Crippen LogP contribution in [0.15, 0.2) is 30.3 Å². The molecule has 4 nitrogen and oxygen atoms in total. The van der Waals surface area contributed by atoms with Crippen LogP contribution in [-0.2, 0) is 0 Å².